The average Bonchev–Trinajstić information content (AvgIpc) is 3.29. The van der Waals surface area contributed by atoms with E-state index in [2.05, 4.69) is 37.3 Å². The number of phenolic OH excluding ortho intramolecular Hbond substituents is 1. The number of nitrogens with one attached hydrogen (secondary N) is 1. The van der Waals surface area contributed by atoms with Crippen molar-refractivity contribution in [2.75, 3.05) is 11.9 Å². The number of thiazole rings is 1. The van der Waals surface area contributed by atoms with Gasteiger partial charge in [-0.25, -0.2) is 0 Å². The number of hydrogen-bond donors (Lipinski definition) is 2. The first kappa shape index (κ1) is 19.9. The quantitative estimate of drug-likeness (QED) is 0.428. The fourth-order valence-electron chi connectivity index (χ4n) is 4.20. The van der Waals surface area contributed by atoms with E-state index in [0.29, 0.717) is 34.1 Å². The van der Waals surface area contributed by atoms with Gasteiger partial charge in [0, 0.05) is 18.7 Å². The van der Waals surface area contributed by atoms with E-state index in [0.717, 1.165) is 9.83 Å². The molecular weight excluding hydrogens is 415 g/mol. The highest BCUT2D eigenvalue weighted by Crippen LogP contribution is 2.36. The topological polar surface area (TPSA) is 90.8 Å². The zero-order valence-electron chi connectivity index (χ0n) is 17.2. The monoisotopic (exact) mass is 438 g/mol. The summed E-state index contributed by atoms with van der Waals surface area (Å²) in [6, 6.07) is 7.36. The maximum absolute atomic E-state index is 13.8. The highest BCUT2D eigenvalue weighted by atomic mass is 32.1. The molecule has 31 heavy (non-hydrogen) atoms. The molecule has 1 fully saturated rings. The lowest BCUT2D eigenvalue weighted by Crippen LogP contribution is -2.30. The van der Waals surface area contributed by atoms with Gasteiger partial charge in [-0.05, 0) is 36.6 Å². The summed E-state index contributed by atoms with van der Waals surface area (Å²) in [5.74, 6) is -0.532. The van der Waals surface area contributed by atoms with E-state index in [1.54, 1.807) is 23.5 Å². The summed E-state index contributed by atoms with van der Waals surface area (Å²) < 4.78 is 14.7. The molecule has 1 aliphatic rings. The number of fused-ring (bicyclic) bond motifs is 1. The minimum absolute atomic E-state index is 0.00654. The molecule has 1 aromatic carbocycles. The first-order chi connectivity index (χ1) is 15.1. The van der Waals surface area contributed by atoms with E-state index in [1.807, 2.05) is 6.07 Å². The molecule has 5 rings (SSSR count). The predicted molar refractivity (Wildman–Crippen MR) is 120 cm³/mol. The number of aromatic hydroxyl groups is 1. The number of hydrogen-bond acceptors (Lipinski definition) is 7. The van der Waals surface area contributed by atoms with E-state index >= 15 is 0 Å². The number of phenols is 1. The molecule has 4 aromatic rings. The maximum Gasteiger partial charge on any atom is 0.216 e. The van der Waals surface area contributed by atoms with Crippen LogP contribution < -0.4 is 4.90 Å². The Labute approximate surface area is 183 Å². The molecule has 3 aromatic heterocycles. The van der Waals surface area contributed by atoms with Crippen molar-refractivity contribution in [1.82, 2.24) is 25.4 Å². The molecule has 0 unspecified atom stereocenters. The Morgan fingerprint density at radius 3 is 2.61 bits per heavy atom. The van der Waals surface area contributed by atoms with Gasteiger partial charge in [-0.15, -0.1) is 10.2 Å². The van der Waals surface area contributed by atoms with E-state index < -0.39 is 5.95 Å². The van der Waals surface area contributed by atoms with Crippen LogP contribution in [0.1, 0.15) is 38.5 Å². The van der Waals surface area contributed by atoms with Crippen molar-refractivity contribution < 1.29 is 9.50 Å². The molecule has 0 radical (unpaired) electrons. The largest absolute Gasteiger partial charge is 0.507 e. The standard InChI is InChI=1S/C22H23FN6OS/c1-29(14-6-4-2-3-5-7-14)22-25-21-19(31-22)11-17(26-28-21)15-9-8-13(10-18(15)30)16-12-24-27-20(16)23/h8-12,14,30H,2-7H2,1H3,(H,24,27). The van der Waals surface area contributed by atoms with Crippen molar-refractivity contribution in [3.8, 4) is 28.1 Å². The van der Waals surface area contributed by atoms with Crippen LogP contribution in [0.5, 0.6) is 5.75 Å². The Balaban J connectivity index is 1.44. The smallest absolute Gasteiger partial charge is 0.216 e. The summed E-state index contributed by atoms with van der Waals surface area (Å²) in [6.07, 6.45) is 8.94. The Morgan fingerprint density at radius 1 is 1.10 bits per heavy atom. The van der Waals surface area contributed by atoms with Crippen LogP contribution in [-0.4, -0.2) is 43.6 Å². The van der Waals surface area contributed by atoms with Gasteiger partial charge >= 0.3 is 0 Å². The van der Waals surface area contributed by atoms with E-state index in [4.69, 9.17) is 0 Å². The summed E-state index contributed by atoms with van der Waals surface area (Å²) in [5.41, 5.74) is 2.54. The molecule has 1 saturated carbocycles. The highest BCUT2D eigenvalue weighted by Gasteiger charge is 2.21. The molecule has 0 atom stereocenters. The highest BCUT2D eigenvalue weighted by molar-refractivity contribution is 7.22. The third kappa shape index (κ3) is 3.85. The lowest BCUT2D eigenvalue weighted by molar-refractivity contribution is 0.477. The minimum Gasteiger partial charge on any atom is -0.507 e. The molecule has 0 bridgehead atoms. The van der Waals surface area contributed by atoms with E-state index in [9.17, 15) is 9.50 Å². The Hall–Kier alpha value is -3.07. The van der Waals surface area contributed by atoms with Gasteiger partial charge in [0.15, 0.2) is 10.8 Å². The van der Waals surface area contributed by atoms with Crippen LogP contribution in [0.3, 0.4) is 0 Å². The number of rotatable bonds is 4. The second kappa shape index (κ2) is 8.22. The summed E-state index contributed by atoms with van der Waals surface area (Å²) in [6.45, 7) is 0. The summed E-state index contributed by atoms with van der Waals surface area (Å²) >= 11 is 1.59. The fraction of sp³-hybridized carbons (Fsp3) is 0.364. The van der Waals surface area contributed by atoms with Crippen molar-refractivity contribution in [2.24, 2.45) is 0 Å². The van der Waals surface area contributed by atoms with Crippen LogP contribution in [0, 0.1) is 5.95 Å². The van der Waals surface area contributed by atoms with Crippen molar-refractivity contribution in [3.05, 3.63) is 36.4 Å². The van der Waals surface area contributed by atoms with Gasteiger partial charge in [0.1, 0.15) is 5.75 Å². The number of anilines is 1. The molecule has 160 valence electrons. The number of halogens is 1. The SMILES string of the molecule is CN(c1nc2nnc(-c3ccc(-c4cn[nH]c4F)cc3O)cc2s1)C1CCCCCC1. The number of nitrogens with zero attached hydrogens (tertiary/aromatic N) is 5. The normalized spacial score (nSPS) is 15.3. The molecule has 9 heteroatoms. The van der Waals surface area contributed by atoms with Crippen molar-refractivity contribution in [2.45, 2.75) is 44.6 Å². The Kier molecular flexibility index (Phi) is 5.27. The van der Waals surface area contributed by atoms with Gasteiger partial charge in [0.2, 0.25) is 5.95 Å². The number of benzene rings is 1. The van der Waals surface area contributed by atoms with Crippen molar-refractivity contribution in [1.29, 1.82) is 0 Å². The third-order valence-corrected chi connectivity index (χ3v) is 7.08. The van der Waals surface area contributed by atoms with Crippen LogP contribution in [-0.2, 0) is 0 Å². The predicted octanol–water partition coefficient (Wildman–Crippen LogP) is 5.15. The van der Waals surface area contributed by atoms with E-state index in [-0.39, 0.29) is 5.75 Å². The first-order valence-electron chi connectivity index (χ1n) is 10.5. The molecule has 0 saturated heterocycles. The van der Waals surface area contributed by atoms with Gasteiger partial charge in [-0.3, -0.25) is 5.10 Å². The fourth-order valence-corrected chi connectivity index (χ4v) is 5.17. The number of H-pyrrole nitrogens is 1. The second-order valence-corrected chi connectivity index (χ2v) is 9.01. The van der Waals surface area contributed by atoms with Crippen LogP contribution in [0.15, 0.2) is 30.5 Å². The lowest BCUT2D eigenvalue weighted by atomic mass is 10.0. The zero-order valence-corrected chi connectivity index (χ0v) is 18.0. The average molecular weight is 439 g/mol. The lowest BCUT2D eigenvalue weighted by Gasteiger charge is -2.26. The van der Waals surface area contributed by atoms with Crippen molar-refractivity contribution >= 4 is 26.8 Å². The van der Waals surface area contributed by atoms with Gasteiger partial charge in [-0.2, -0.15) is 14.5 Å². The van der Waals surface area contributed by atoms with Crippen LogP contribution in [0.4, 0.5) is 9.52 Å². The molecule has 2 N–H and O–H groups in total. The summed E-state index contributed by atoms with van der Waals surface area (Å²) in [7, 11) is 2.11. The molecular formula is C22H23FN6OS. The van der Waals surface area contributed by atoms with Crippen LogP contribution >= 0.6 is 11.3 Å². The summed E-state index contributed by atoms with van der Waals surface area (Å²) in [5, 5.41) is 26.0. The van der Waals surface area contributed by atoms with Gasteiger partial charge in [0.25, 0.3) is 0 Å². The molecule has 0 spiro atoms. The Morgan fingerprint density at radius 2 is 1.90 bits per heavy atom. The molecule has 7 nitrogen and oxygen atoms in total. The molecule has 1 aliphatic carbocycles. The molecule has 0 amide bonds. The number of aromatic amines is 1. The molecule has 3 heterocycles. The van der Waals surface area contributed by atoms with Crippen LogP contribution in [0.2, 0.25) is 0 Å². The minimum atomic E-state index is -0.539. The van der Waals surface area contributed by atoms with Gasteiger partial charge in [-0.1, -0.05) is 43.1 Å². The summed E-state index contributed by atoms with van der Waals surface area (Å²) in [4.78, 5) is 6.97. The third-order valence-electron chi connectivity index (χ3n) is 6.00. The maximum atomic E-state index is 13.8. The van der Waals surface area contributed by atoms with Crippen LogP contribution in [0.25, 0.3) is 32.7 Å². The molecule has 0 aliphatic heterocycles. The van der Waals surface area contributed by atoms with Gasteiger partial charge in [0.05, 0.1) is 22.2 Å². The second-order valence-electron chi connectivity index (χ2n) is 8.00. The Bertz CT molecular complexity index is 1210. The first-order valence-corrected chi connectivity index (χ1v) is 11.3. The van der Waals surface area contributed by atoms with Crippen molar-refractivity contribution in [3.63, 3.8) is 0 Å². The zero-order chi connectivity index (χ0) is 21.4. The number of aromatic nitrogens is 5. The van der Waals surface area contributed by atoms with Gasteiger partial charge < -0.3 is 10.0 Å². The van der Waals surface area contributed by atoms with E-state index in [1.165, 1.54) is 50.8 Å².